The molecule has 1 aliphatic heterocycles. The average molecular weight is 280 g/mol. The quantitative estimate of drug-likeness (QED) is 0.789. The zero-order chi connectivity index (χ0) is 14.5. The second kappa shape index (κ2) is 6.70. The molecule has 1 fully saturated rings. The monoisotopic (exact) mass is 280 g/mol. The standard InChI is InChI=1S/C15H21FN2O2/c1-12(11-15(19)20-2)17-7-9-18(10-8-17)14-5-3-13(16)4-6-14/h3-6,12H,7-11H2,1-2H3. The molecular weight excluding hydrogens is 259 g/mol. The maximum Gasteiger partial charge on any atom is 0.307 e. The van der Waals surface area contributed by atoms with Gasteiger partial charge in [-0.05, 0) is 31.2 Å². The van der Waals surface area contributed by atoms with E-state index in [1.807, 2.05) is 19.1 Å². The number of carbonyl (C=O) groups excluding carboxylic acids is 1. The number of benzene rings is 1. The molecule has 0 amide bonds. The molecule has 110 valence electrons. The Kier molecular flexibility index (Phi) is 4.95. The number of ether oxygens (including phenoxy) is 1. The molecule has 0 aromatic heterocycles. The minimum Gasteiger partial charge on any atom is -0.469 e. The first-order valence-corrected chi connectivity index (χ1v) is 6.91. The van der Waals surface area contributed by atoms with E-state index in [-0.39, 0.29) is 17.8 Å². The van der Waals surface area contributed by atoms with Gasteiger partial charge in [0.2, 0.25) is 0 Å². The van der Waals surface area contributed by atoms with Crippen molar-refractivity contribution in [1.82, 2.24) is 4.90 Å². The van der Waals surface area contributed by atoms with Crippen molar-refractivity contribution in [3.05, 3.63) is 30.1 Å². The van der Waals surface area contributed by atoms with E-state index in [0.717, 1.165) is 31.9 Å². The summed E-state index contributed by atoms with van der Waals surface area (Å²) in [6.45, 7) is 5.61. The number of rotatable bonds is 4. The van der Waals surface area contributed by atoms with Crippen molar-refractivity contribution in [2.24, 2.45) is 0 Å². The molecule has 0 saturated carbocycles. The van der Waals surface area contributed by atoms with Crippen LogP contribution in [0, 0.1) is 5.82 Å². The lowest BCUT2D eigenvalue weighted by atomic mass is 10.1. The van der Waals surface area contributed by atoms with Gasteiger partial charge in [-0.1, -0.05) is 0 Å². The van der Waals surface area contributed by atoms with E-state index < -0.39 is 0 Å². The molecule has 1 heterocycles. The summed E-state index contributed by atoms with van der Waals surface area (Å²) >= 11 is 0. The van der Waals surface area contributed by atoms with E-state index in [4.69, 9.17) is 4.74 Å². The number of hydrogen-bond acceptors (Lipinski definition) is 4. The van der Waals surface area contributed by atoms with E-state index in [1.54, 1.807) is 0 Å². The lowest BCUT2D eigenvalue weighted by molar-refractivity contribution is -0.141. The first-order valence-electron chi connectivity index (χ1n) is 6.91. The molecular formula is C15H21FN2O2. The summed E-state index contributed by atoms with van der Waals surface area (Å²) in [4.78, 5) is 15.8. The summed E-state index contributed by atoms with van der Waals surface area (Å²) < 4.78 is 17.6. The number of anilines is 1. The van der Waals surface area contributed by atoms with Gasteiger partial charge in [0.25, 0.3) is 0 Å². The highest BCUT2D eigenvalue weighted by Gasteiger charge is 2.23. The number of carbonyl (C=O) groups is 1. The highest BCUT2D eigenvalue weighted by molar-refractivity contribution is 5.69. The molecule has 0 aliphatic carbocycles. The van der Waals surface area contributed by atoms with E-state index in [0.29, 0.717) is 6.42 Å². The van der Waals surface area contributed by atoms with Crippen LogP contribution in [0.2, 0.25) is 0 Å². The Morgan fingerprint density at radius 3 is 2.40 bits per heavy atom. The largest absolute Gasteiger partial charge is 0.469 e. The Balaban J connectivity index is 1.85. The molecule has 5 heteroatoms. The fraction of sp³-hybridized carbons (Fsp3) is 0.533. The van der Waals surface area contributed by atoms with Gasteiger partial charge in [0.05, 0.1) is 13.5 Å². The third-order valence-electron chi connectivity index (χ3n) is 3.82. The summed E-state index contributed by atoms with van der Waals surface area (Å²) in [7, 11) is 1.42. The van der Waals surface area contributed by atoms with Gasteiger partial charge in [0, 0.05) is 37.9 Å². The molecule has 1 atom stereocenters. The molecule has 0 spiro atoms. The summed E-state index contributed by atoms with van der Waals surface area (Å²) in [6, 6.07) is 6.78. The molecule has 20 heavy (non-hydrogen) atoms. The smallest absolute Gasteiger partial charge is 0.307 e. The Hall–Kier alpha value is -1.62. The van der Waals surface area contributed by atoms with Crippen LogP contribution in [0.3, 0.4) is 0 Å². The van der Waals surface area contributed by atoms with Crippen molar-refractivity contribution >= 4 is 11.7 Å². The lowest BCUT2D eigenvalue weighted by Crippen LogP contribution is -2.50. The van der Waals surface area contributed by atoms with Crippen molar-refractivity contribution in [2.45, 2.75) is 19.4 Å². The number of esters is 1. The minimum atomic E-state index is -0.209. The SMILES string of the molecule is COC(=O)CC(C)N1CCN(c2ccc(F)cc2)CC1. The van der Waals surface area contributed by atoms with Gasteiger partial charge in [-0.2, -0.15) is 0 Å². The van der Waals surface area contributed by atoms with Crippen molar-refractivity contribution in [1.29, 1.82) is 0 Å². The van der Waals surface area contributed by atoms with Crippen molar-refractivity contribution in [3.63, 3.8) is 0 Å². The van der Waals surface area contributed by atoms with Gasteiger partial charge >= 0.3 is 5.97 Å². The third-order valence-corrected chi connectivity index (χ3v) is 3.82. The zero-order valence-corrected chi connectivity index (χ0v) is 12.0. The zero-order valence-electron chi connectivity index (χ0n) is 12.0. The summed E-state index contributed by atoms with van der Waals surface area (Å²) in [5.41, 5.74) is 1.05. The average Bonchev–Trinajstić information content (AvgIpc) is 2.48. The van der Waals surface area contributed by atoms with Gasteiger partial charge < -0.3 is 9.64 Å². The van der Waals surface area contributed by atoms with E-state index in [2.05, 4.69) is 9.80 Å². The molecule has 0 bridgehead atoms. The van der Waals surface area contributed by atoms with Crippen LogP contribution >= 0.6 is 0 Å². The highest BCUT2D eigenvalue weighted by atomic mass is 19.1. The molecule has 1 aromatic rings. The van der Waals surface area contributed by atoms with Gasteiger partial charge in [0.15, 0.2) is 0 Å². The number of piperazine rings is 1. The second-order valence-corrected chi connectivity index (χ2v) is 5.13. The van der Waals surface area contributed by atoms with Gasteiger partial charge in [0.1, 0.15) is 5.82 Å². The molecule has 1 unspecified atom stereocenters. The first-order chi connectivity index (χ1) is 9.60. The maximum absolute atomic E-state index is 12.9. The number of nitrogens with zero attached hydrogens (tertiary/aromatic N) is 2. The predicted molar refractivity (Wildman–Crippen MR) is 76.3 cm³/mol. The second-order valence-electron chi connectivity index (χ2n) is 5.13. The van der Waals surface area contributed by atoms with E-state index >= 15 is 0 Å². The van der Waals surface area contributed by atoms with Gasteiger partial charge in [-0.25, -0.2) is 4.39 Å². The van der Waals surface area contributed by atoms with E-state index in [1.165, 1.54) is 19.2 Å². The lowest BCUT2D eigenvalue weighted by Gasteiger charge is -2.38. The molecule has 1 aromatic carbocycles. The van der Waals surface area contributed by atoms with Crippen LogP contribution in [0.5, 0.6) is 0 Å². The van der Waals surface area contributed by atoms with Crippen LogP contribution in [-0.2, 0) is 9.53 Å². The fourth-order valence-electron chi connectivity index (χ4n) is 2.53. The molecule has 1 saturated heterocycles. The number of hydrogen-bond donors (Lipinski definition) is 0. The molecule has 0 N–H and O–H groups in total. The van der Waals surface area contributed by atoms with Crippen LogP contribution in [0.1, 0.15) is 13.3 Å². The maximum atomic E-state index is 12.9. The Morgan fingerprint density at radius 1 is 1.25 bits per heavy atom. The van der Waals surface area contributed by atoms with Crippen molar-refractivity contribution in [2.75, 3.05) is 38.2 Å². The van der Waals surface area contributed by atoms with Crippen LogP contribution < -0.4 is 4.90 Å². The number of methoxy groups -OCH3 is 1. The molecule has 1 aliphatic rings. The highest BCUT2D eigenvalue weighted by Crippen LogP contribution is 2.18. The van der Waals surface area contributed by atoms with Crippen LogP contribution in [0.4, 0.5) is 10.1 Å². The molecule has 4 nitrogen and oxygen atoms in total. The molecule has 0 radical (unpaired) electrons. The minimum absolute atomic E-state index is 0.168. The van der Waals surface area contributed by atoms with E-state index in [9.17, 15) is 9.18 Å². The Labute approximate surface area is 119 Å². The topological polar surface area (TPSA) is 32.8 Å². The number of halogens is 1. The summed E-state index contributed by atoms with van der Waals surface area (Å²) in [5.74, 6) is -0.377. The van der Waals surface area contributed by atoms with Crippen LogP contribution in [-0.4, -0.2) is 50.2 Å². The van der Waals surface area contributed by atoms with Gasteiger partial charge in [-0.3, -0.25) is 9.69 Å². The van der Waals surface area contributed by atoms with Crippen molar-refractivity contribution in [3.8, 4) is 0 Å². The summed E-state index contributed by atoms with van der Waals surface area (Å²) in [6.07, 6.45) is 0.424. The van der Waals surface area contributed by atoms with Crippen molar-refractivity contribution < 1.29 is 13.9 Å². The molecule has 2 rings (SSSR count). The first kappa shape index (κ1) is 14.8. The summed E-state index contributed by atoms with van der Waals surface area (Å²) in [5, 5.41) is 0. The normalized spacial score (nSPS) is 17.9. The predicted octanol–water partition coefficient (Wildman–Crippen LogP) is 1.90. The Bertz CT molecular complexity index is 442. The van der Waals surface area contributed by atoms with Gasteiger partial charge in [-0.15, -0.1) is 0 Å². The fourth-order valence-corrected chi connectivity index (χ4v) is 2.53. The third kappa shape index (κ3) is 3.70. The van der Waals surface area contributed by atoms with Crippen LogP contribution in [0.25, 0.3) is 0 Å². The van der Waals surface area contributed by atoms with Crippen LogP contribution in [0.15, 0.2) is 24.3 Å². The Morgan fingerprint density at radius 2 is 1.85 bits per heavy atom.